The first kappa shape index (κ1) is 27.1. The highest BCUT2D eigenvalue weighted by atomic mass is 35.5. The zero-order valence-corrected chi connectivity index (χ0v) is 22.5. The molecule has 3 aliphatic rings. The summed E-state index contributed by atoms with van der Waals surface area (Å²) in [5.74, 6) is -2.87. The van der Waals surface area contributed by atoms with Crippen molar-refractivity contribution in [2.75, 3.05) is 11.9 Å². The van der Waals surface area contributed by atoms with Gasteiger partial charge >= 0.3 is 6.18 Å². The molecule has 6 nitrogen and oxygen atoms in total. The van der Waals surface area contributed by atoms with Gasteiger partial charge in [0, 0.05) is 39.2 Å². The molecule has 3 aromatic carbocycles. The van der Waals surface area contributed by atoms with E-state index in [2.05, 4.69) is 15.7 Å². The van der Waals surface area contributed by atoms with E-state index >= 15 is 0 Å². The van der Waals surface area contributed by atoms with Gasteiger partial charge in [0.25, 0.3) is 5.91 Å². The Balaban J connectivity index is 1.39. The molecule has 12 heteroatoms. The summed E-state index contributed by atoms with van der Waals surface area (Å²) >= 11 is 6.50. The summed E-state index contributed by atoms with van der Waals surface area (Å²) < 4.78 is 76.5. The number of amides is 1. The molecule has 2 unspecified atom stereocenters. The highest BCUT2D eigenvalue weighted by Gasteiger charge is 2.41. The molecule has 2 atom stereocenters. The number of carbonyl (C=O) groups excluding carboxylic acids is 1. The molecule has 1 aromatic heterocycles. The lowest BCUT2D eigenvalue weighted by atomic mass is 9.86. The van der Waals surface area contributed by atoms with Crippen LogP contribution in [0.2, 0.25) is 5.02 Å². The third kappa shape index (κ3) is 4.65. The predicted molar refractivity (Wildman–Crippen MR) is 144 cm³/mol. The predicted octanol–water partition coefficient (Wildman–Crippen LogP) is 7.35. The maximum atomic E-state index is 14.4. The second kappa shape index (κ2) is 9.89. The van der Waals surface area contributed by atoms with Crippen molar-refractivity contribution in [3.05, 3.63) is 105 Å². The Kier molecular flexibility index (Phi) is 6.37. The fraction of sp³-hybridized carbons (Fsp3) is 0.267. The molecule has 2 N–H and O–H groups in total. The monoisotopic (exact) mass is 600 g/mol. The van der Waals surface area contributed by atoms with Gasteiger partial charge in [-0.2, -0.15) is 18.3 Å². The lowest BCUT2D eigenvalue weighted by Crippen LogP contribution is -2.25. The van der Waals surface area contributed by atoms with Crippen molar-refractivity contribution in [3.8, 4) is 11.1 Å². The van der Waals surface area contributed by atoms with E-state index in [0.717, 1.165) is 41.2 Å². The van der Waals surface area contributed by atoms with Crippen LogP contribution < -0.4 is 10.6 Å². The van der Waals surface area contributed by atoms with Crippen molar-refractivity contribution < 1.29 is 31.5 Å². The number of ether oxygens (including phenoxy) is 1. The number of halogens is 6. The second-order valence-electron chi connectivity index (χ2n) is 10.6. The zero-order valence-electron chi connectivity index (χ0n) is 21.7. The van der Waals surface area contributed by atoms with E-state index in [4.69, 9.17) is 16.3 Å². The van der Waals surface area contributed by atoms with Crippen LogP contribution in [0.5, 0.6) is 0 Å². The average molecular weight is 601 g/mol. The van der Waals surface area contributed by atoms with Crippen LogP contribution >= 0.6 is 11.6 Å². The van der Waals surface area contributed by atoms with Crippen molar-refractivity contribution in [2.24, 2.45) is 0 Å². The molecule has 1 amide bonds. The number of carbonyl (C=O) groups is 1. The first-order valence-corrected chi connectivity index (χ1v) is 13.7. The van der Waals surface area contributed by atoms with Crippen molar-refractivity contribution in [1.82, 2.24) is 15.1 Å². The van der Waals surface area contributed by atoms with E-state index in [0.29, 0.717) is 42.3 Å². The van der Waals surface area contributed by atoms with Gasteiger partial charge in [0.05, 0.1) is 30.5 Å². The van der Waals surface area contributed by atoms with Crippen LogP contribution in [0.15, 0.2) is 54.9 Å². The first-order chi connectivity index (χ1) is 20.1. The Hall–Kier alpha value is -3.80. The van der Waals surface area contributed by atoms with Gasteiger partial charge in [0.1, 0.15) is 17.9 Å². The van der Waals surface area contributed by atoms with E-state index in [1.807, 2.05) is 10.9 Å². The maximum Gasteiger partial charge on any atom is 0.419 e. The van der Waals surface area contributed by atoms with Crippen LogP contribution in [0.4, 0.5) is 27.6 Å². The summed E-state index contributed by atoms with van der Waals surface area (Å²) in [6.07, 6.45) is 0.707. The van der Waals surface area contributed by atoms with Gasteiger partial charge in [-0.15, -0.1) is 0 Å². The van der Waals surface area contributed by atoms with E-state index < -0.39 is 41.6 Å². The summed E-state index contributed by atoms with van der Waals surface area (Å²) in [7, 11) is 0. The third-order valence-electron chi connectivity index (χ3n) is 7.91. The van der Waals surface area contributed by atoms with E-state index in [9.17, 15) is 26.7 Å². The van der Waals surface area contributed by atoms with Gasteiger partial charge in [-0.05, 0) is 78.4 Å². The highest BCUT2D eigenvalue weighted by molar-refractivity contribution is 6.31. The number of rotatable bonds is 5. The topological polar surface area (TPSA) is 68.2 Å². The number of anilines is 1. The molecule has 7 rings (SSSR count). The van der Waals surface area contributed by atoms with Gasteiger partial charge in [0.2, 0.25) is 0 Å². The van der Waals surface area contributed by atoms with Crippen molar-refractivity contribution in [1.29, 1.82) is 0 Å². The molecule has 2 aliphatic heterocycles. The average Bonchev–Trinajstić information content (AvgIpc) is 3.55. The van der Waals surface area contributed by atoms with Gasteiger partial charge in [-0.25, -0.2) is 8.78 Å². The molecule has 4 aromatic rings. The van der Waals surface area contributed by atoms with Crippen LogP contribution in [-0.2, 0) is 17.3 Å². The SMILES string of the molecule is O=C(Nc1cc(-c2cnn(C3CC3)c2)c2c3c1C(c1cc(F)ccc1Cl)NC3OCC2)c1ccc(F)c(C(F)(F)F)c1. The number of benzene rings is 3. The van der Waals surface area contributed by atoms with E-state index in [1.54, 1.807) is 12.3 Å². The van der Waals surface area contributed by atoms with Crippen LogP contribution in [0.3, 0.4) is 0 Å². The van der Waals surface area contributed by atoms with Crippen molar-refractivity contribution >= 4 is 23.2 Å². The highest BCUT2D eigenvalue weighted by Crippen LogP contribution is 2.50. The third-order valence-corrected chi connectivity index (χ3v) is 8.25. The fourth-order valence-electron chi connectivity index (χ4n) is 5.81. The minimum Gasteiger partial charge on any atom is -0.359 e. The second-order valence-corrected chi connectivity index (χ2v) is 11.0. The normalized spacial score (nSPS) is 19.6. The number of aromatic nitrogens is 2. The fourth-order valence-corrected chi connectivity index (χ4v) is 6.03. The maximum absolute atomic E-state index is 14.4. The van der Waals surface area contributed by atoms with Crippen molar-refractivity contribution in [3.63, 3.8) is 0 Å². The number of alkyl halides is 3. The molecule has 0 radical (unpaired) electrons. The largest absolute Gasteiger partial charge is 0.419 e. The molecule has 42 heavy (non-hydrogen) atoms. The number of hydrogen-bond donors (Lipinski definition) is 2. The molecule has 1 saturated carbocycles. The minimum absolute atomic E-state index is 0.275. The van der Waals surface area contributed by atoms with E-state index in [-0.39, 0.29) is 16.3 Å². The summed E-state index contributed by atoms with van der Waals surface area (Å²) in [5, 5.41) is 10.9. The Bertz CT molecular complexity index is 1750. The quantitative estimate of drug-likeness (QED) is 0.235. The Labute approximate surface area is 241 Å². The van der Waals surface area contributed by atoms with Crippen LogP contribution in [0, 0.1) is 11.6 Å². The smallest absolute Gasteiger partial charge is 0.359 e. The summed E-state index contributed by atoms with van der Waals surface area (Å²) in [5.41, 5.74) is 2.61. The first-order valence-electron chi connectivity index (χ1n) is 13.3. The molecular weight excluding hydrogens is 579 g/mol. The summed E-state index contributed by atoms with van der Waals surface area (Å²) in [6.45, 7) is 0.402. The van der Waals surface area contributed by atoms with E-state index in [1.165, 1.54) is 18.2 Å². The molecule has 0 spiro atoms. The standard InChI is InChI=1S/C30H22ClF5N4O2/c31-22-5-2-16(32)10-20(22)27-26-24(38-28(41)14-1-6-23(33)21(9-14)30(34,35)36)11-19(15-12-37-40(13-15)17-3-4-17)18-7-8-42-29(39-27)25(18)26/h1-2,5-6,9-13,17,27,29,39H,3-4,7-8H2,(H,38,41). The van der Waals surface area contributed by atoms with Crippen molar-refractivity contribution in [2.45, 2.75) is 43.8 Å². The van der Waals surface area contributed by atoms with Crippen LogP contribution in [0.25, 0.3) is 11.1 Å². The van der Waals surface area contributed by atoms with Gasteiger partial charge in [-0.3, -0.25) is 14.8 Å². The molecule has 0 bridgehead atoms. The van der Waals surface area contributed by atoms with Gasteiger partial charge in [-0.1, -0.05) is 11.6 Å². The minimum atomic E-state index is -4.98. The van der Waals surface area contributed by atoms with Crippen LogP contribution in [-0.4, -0.2) is 22.3 Å². The number of nitrogens with zero attached hydrogens (tertiary/aromatic N) is 2. The molecular formula is C30H22ClF5N4O2. The van der Waals surface area contributed by atoms with Gasteiger partial charge in [0.15, 0.2) is 0 Å². The summed E-state index contributed by atoms with van der Waals surface area (Å²) in [4.78, 5) is 13.4. The lowest BCUT2D eigenvalue weighted by Gasteiger charge is -2.25. The lowest BCUT2D eigenvalue weighted by molar-refractivity contribution is -0.140. The summed E-state index contributed by atoms with van der Waals surface area (Å²) in [6, 6.07) is 7.42. The van der Waals surface area contributed by atoms with Crippen LogP contribution in [0.1, 0.15) is 69.3 Å². The Morgan fingerprint density at radius 3 is 2.67 bits per heavy atom. The zero-order chi connectivity index (χ0) is 29.3. The van der Waals surface area contributed by atoms with Gasteiger partial charge < -0.3 is 10.1 Å². The molecule has 216 valence electrons. The molecule has 1 aliphatic carbocycles. The Morgan fingerprint density at radius 1 is 1.10 bits per heavy atom. The molecule has 1 fully saturated rings. The Morgan fingerprint density at radius 2 is 1.90 bits per heavy atom. The molecule has 0 saturated heterocycles. The number of hydrogen-bond acceptors (Lipinski definition) is 4. The molecule has 3 heterocycles. The number of nitrogens with one attached hydrogen (secondary N) is 2.